The minimum absolute atomic E-state index is 0.0240. The zero-order valence-electron chi connectivity index (χ0n) is 17.6. The lowest BCUT2D eigenvalue weighted by atomic mass is 10.1. The number of aromatic nitrogens is 3. The number of hydrogen-bond donors (Lipinski definition) is 1. The van der Waals surface area contributed by atoms with Crippen molar-refractivity contribution >= 4 is 46.7 Å². The molecule has 0 amide bonds. The molecule has 2 aromatic heterocycles. The minimum Gasteiger partial charge on any atom is -0.380 e. The Labute approximate surface area is 191 Å². The summed E-state index contributed by atoms with van der Waals surface area (Å²) in [6.45, 7) is 1.51. The Morgan fingerprint density at radius 2 is 1.91 bits per heavy atom. The Kier molecular flexibility index (Phi) is 8.09. The fourth-order valence-corrected chi connectivity index (χ4v) is 5.13. The summed E-state index contributed by atoms with van der Waals surface area (Å²) in [7, 11) is -1.58. The molecule has 1 aliphatic heterocycles. The van der Waals surface area contributed by atoms with Gasteiger partial charge in [0.15, 0.2) is 0 Å². The first-order valence-electron chi connectivity index (χ1n) is 10.1. The van der Waals surface area contributed by atoms with E-state index in [0.717, 1.165) is 0 Å². The number of piperidine rings is 1. The Morgan fingerprint density at radius 1 is 1.19 bits per heavy atom. The quantitative estimate of drug-likeness (QED) is 0.361. The second-order valence-electron chi connectivity index (χ2n) is 7.59. The normalized spacial score (nSPS) is 16.4. The predicted octanol–water partition coefficient (Wildman–Crippen LogP) is 0.603. The van der Waals surface area contributed by atoms with Gasteiger partial charge < -0.3 is 10.1 Å². The standard InChI is InChI=1S/C18H26ClN5O6S2/c1-31(26,27)23-7-5-15(6-8-23)21-18-20-13-14-3-4-16(25)24(17(14)22-18)9-11-30-10-2-12-32(19,28)29/h3-4,13,15H,2,5-12H2,1H3,(H,20,21,22). The number of nitrogens with one attached hydrogen (secondary N) is 1. The van der Waals surface area contributed by atoms with Crippen molar-refractivity contribution in [3.05, 3.63) is 28.7 Å². The van der Waals surface area contributed by atoms with E-state index in [1.165, 1.54) is 21.2 Å². The van der Waals surface area contributed by atoms with Crippen molar-refractivity contribution in [3.63, 3.8) is 0 Å². The van der Waals surface area contributed by atoms with Crippen LogP contribution in [0.3, 0.4) is 0 Å². The van der Waals surface area contributed by atoms with Crippen LogP contribution in [-0.2, 0) is 30.4 Å². The zero-order valence-corrected chi connectivity index (χ0v) is 20.0. The monoisotopic (exact) mass is 507 g/mol. The second-order valence-corrected chi connectivity index (χ2v) is 12.5. The van der Waals surface area contributed by atoms with Gasteiger partial charge in [-0.3, -0.25) is 9.36 Å². The number of fused-ring (bicyclic) bond motifs is 1. The first kappa shape index (κ1) is 24.8. The molecule has 0 spiro atoms. The van der Waals surface area contributed by atoms with Crippen molar-refractivity contribution in [2.24, 2.45) is 0 Å². The fourth-order valence-electron chi connectivity index (χ4n) is 3.46. The first-order chi connectivity index (χ1) is 15.0. The van der Waals surface area contributed by atoms with Crippen LogP contribution in [0.2, 0.25) is 0 Å². The number of sulfonamides is 1. The highest BCUT2D eigenvalue weighted by Gasteiger charge is 2.25. The average molecular weight is 508 g/mol. The van der Waals surface area contributed by atoms with E-state index in [1.54, 1.807) is 12.3 Å². The summed E-state index contributed by atoms with van der Waals surface area (Å²) < 4.78 is 53.5. The van der Waals surface area contributed by atoms with E-state index in [0.29, 0.717) is 42.9 Å². The van der Waals surface area contributed by atoms with Gasteiger partial charge in [0.05, 0.1) is 25.2 Å². The maximum atomic E-state index is 12.4. The van der Waals surface area contributed by atoms with Crippen molar-refractivity contribution in [3.8, 4) is 0 Å². The molecule has 11 nitrogen and oxygen atoms in total. The lowest BCUT2D eigenvalue weighted by Gasteiger charge is -2.30. The summed E-state index contributed by atoms with van der Waals surface area (Å²) >= 11 is 0. The Morgan fingerprint density at radius 3 is 2.56 bits per heavy atom. The van der Waals surface area contributed by atoms with E-state index < -0.39 is 19.1 Å². The maximum absolute atomic E-state index is 12.4. The molecule has 0 saturated carbocycles. The Bertz CT molecular complexity index is 1210. The number of hydrogen-bond acceptors (Lipinski definition) is 9. The molecule has 0 aromatic carbocycles. The van der Waals surface area contributed by atoms with Gasteiger partial charge in [-0.1, -0.05) is 0 Å². The molecule has 14 heteroatoms. The molecule has 1 aliphatic rings. The highest BCUT2D eigenvalue weighted by Crippen LogP contribution is 2.18. The molecule has 1 N–H and O–H groups in total. The SMILES string of the molecule is CS(=O)(=O)N1CCC(Nc2ncc3ccc(=O)n(CCOCCCS(=O)(=O)Cl)c3n2)CC1. The number of ether oxygens (including phenoxy) is 1. The third-order valence-corrected chi connectivity index (χ3v) is 7.66. The van der Waals surface area contributed by atoms with Gasteiger partial charge >= 0.3 is 0 Å². The smallest absolute Gasteiger partial charge is 0.252 e. The highest BCUT2D eigenvalue weighted by atomic mass is 35.7. The minimum atomic E-state index is -3.55. The van der Waals surface area contributed by atoms with E-state index >= 15 is 0 Å². The van der Waals surface area contributed by atoms with Crippen LogP contribution >= 0.6 is 10.7 Å². The molecule has 1 fully saturated rings. The van der Waals surface area contributed by atoms with Crippen LogP contribution in [0.15, 0.2) is 23.1 Å². The summed E-state index contributed by atoms with van der Waals surface area (Å²) in [6.07, 6.45) is 4.35. The van der Waals surface area contributed by atoms with Crippen LogP contribution in [0.4, 0.5) is 5.95 Å². The number of halogens is 1. The van der Waals surface area contributed by atoms with Gasteiger partial charge in [0, 0.05) is 54.1 Å². The number of anilines is 1. The third-order valence-electron chi connectivity index (χ3n) is 5.12. The molecule has 0 bridgehead atoms. The molecule has 0 atom stereocenters. The number of rotatable bonds is 10. The van der Waals surface area contributed by atoms with Crippen LogP contribution in [0, 0.1) is 0 Å². The molecule has 3 heterocycles. The summed E-state index contributed by atoms with van der Waals surface area (Å²) in [5.74, 6) is 0.191. The highest BCUT2D eigenvalue weighted by molar-refractivity contribution is 8.13. The van der Waals surface area contributed by atoms with E-state index in [1.807, 2.05) is 0 Å². The largest absolute Gasteiger partial charge is 0.380 e. The molecule has 0 aliphatic carbocycles. The van der Waals surface area contributed by atoms with Gasteiger partial charge in [-0.05, 0) is 25.3 Å². The summed E-state index contributed by atoms with van der Waals surface area (Å²) in [5, 5.41) is 3.92. The maximum Gasteiger partial charge on any atom is 0.252 e. The molecule has 0 unspecified atom stereocenters. The molecular weight excluding hydrogens is 482 g/mol. The molecule has 1 saturated heterocycles. The molecule has 2 aromatic rings. The van der Waals surface area contributed by atoms with Crippen LogP contribution in [-0.4, -0.2) is 80.0 Å². The van der Waals surface area contributed by atoms with E-state index in [2.05, 4.69) is 15.3 Å². The zero-order chi connectivity index (χ0) is 23.4. The van der Waals surface area contributed by atoms with Crippen molar-refractivity contribution in [2.45, 2.75) is 31.8 Å². The van der Waals surface area contributed by atoms with Crippen molar-refractivity contribution in [2.75, 3.05) is 43.6 Å². The van der Waals surface area contributed by atoms with Crippen LogP contribution in [0.5, 0.6) is 0 Å². The van der Waals surface area contributed by atoms with Gasteiger partial charge in [-0.15, -0.1) is 0 Å². The molecule has 178 valence electrons. The summed E-state index contributed by atoms with van der Waals surface area (Å²) in [4.78, 5) is 21.2. The summed E-state index contributed by atoms with van der Waals surface area (Å²) in [5.41, 5.74) is 0.214. The van der Waals surface area contributed by atoms with Gasteiger partial charge in [-0.2, -0.15) is 4.98 Å². The topological polar surface area (TPSA) is 141 Å². The number of pyridine rings is 1. The van der Waals surface area contributed by atoms with E-state index in [4.69, 9.17) is 15.4 Å². The van der Waals surface area contributed by atoms with E-state index in [-0.39, 0.29) is 43.5 Å². The molecular formula is C18H26ClN5O6S2. The van der Waals surface area contributed by atoms with Crippen molar-refractivity contribution in [1.29, 1.82) is 0 Å². The first-order valence-corrected chi connectivity index (χ1v) is 14.4. The lowest BCUT2D eigenvalue weighted by molar-refractivity contribution is 0.127. The predicted molar refractivity (Wildman–Crippen MR) is 122 cm³/mol. The van der Waals surface area contributed by atoms with Crippen LogP contribution in [0.1, 0.15) is 19.3 Å². The number of nitrogens with zero attached hydrogens (tertiary/aromatic N) is 4. The van der Waals surface area contributed by atoms with Crippen LogP contribution in [0.25, 0.3) is 11.0 Å². The van der Waals surface area contributed by atoms with Crippen molar-refractivity contribution in [1.82, 2.24) is 18.8 Å². The molecule has 0 radical (unpaired) electrons. The Hall–Kier alpha value is -1.80. The van der Waals surface area contributed by atoms with E-state index in [9.17, 15) is 21.6 Å². The Balaban J connectivity index is 1.64. The fraction of sp³-hybridized carbons (Fsp3) is 0.611. The van der Waals surface area contributed by atoms with Crippen molar-refractivity contribution < 1.29 is 21.6 Å². The van der Waals surface area contributed by atoms with Gasteiger partial charge in [0.1, 0.15) is 5.65 Å². The lowest BCUT2D eigenvalue weighted by Crippen LogP contribution is -2.42. The van der Waals surface area contributed by atoms with Gasteiger partial charge in [0.25, 0.3) is 5.56 Å². The summed E-state index contributed by atoms with van der Waals surface area (Å²) in [6, 6.07) is 3.10. The molecule has 3 rings (SSSR count). The van der Waals surface area contributed by atoms with Gasteiger partial charge in [-0.25, -0.2) is 26.1 Å². The van der Waals surface area contributed by atoms with Gasteiger partial charge in [0.2, 0.25) is 25.0 Å². The average Bonchev–Trinajstić information content (AvgIpc) is 2.71. The molecule has 32 heavy (non-hydrogen) atoms. The van der Waals surface area contributed by atoms with Crippen LogP contribution < -0.4 is 10.9 Å². The second kappa shape index (κ2) is 10.4. The third kappa shape index (κ3) is 7.10.